The van der Waals surface area contributed by atoms with Gasteiger partial charge in [-0.25, -0.2) is 4.98 Å². The molecule has 0 unspecified atom stereocenters. The SMILES string of the molecule is COc1ccc(NC(=O)c2ccc(-c3nccc(Oc4ccccc4)n3)cc2)cc1OC. The van der Waals surface area contributed by atoms with Crippen molar-refractivity contribution in [3.8, 4) is 34.5 Å². The van der Waals surface area contributed by atoms with Gasteiger partial charge in [0.15, 0.2) is 17.3 Å². The van der Waals surface area contributed by atoms with Crippen molar-refractivity contribution < 1.29 is 19.0 Å². The fourth-order valence-corrected chi connectivity index (χ4v) is 3.04. The summed E-state index contributed by atoms with van der Waals surface area (Å²) in [5, 5.41) is 2.85. The van der Waals surface area contributed by atoms with Gasteiger partial charge in [-0.15, -0.1) is 0 Å². The van der Waals surface area contributed by atoms with Crippen LogP contribution in [0.5, 0.6) is 23.1 Å². The lowest BCUT2D eigenvalue weighted by Gasteiger charge is -2.11. The minimum absolute atomic E-state index is 0.245. The van der Waals surface area contributed by atoms with Crippen molar-refractivity contribution in [3.63, 3.8) is 0 Å². The van der Waals surface area contributed by atoms with Crippen LogP contribution >= 0.6 is 0 Å². The predicted octanol–water partition coefficient (Wildman–Crippen LogP) is 5.21. The quantitative estimate of drug-likeness (QED) is 0.436. The summed E-state index contributed by atoms with van der Waals surface area (Å²) in [6, 6.07) is 23.3. The molecule has 7 nitrogen and oxygen atoms in total. The number of hydrogen-bond donors (Lipinski definition) is 1. The lowest BCUT2D eigenvalue weighted by molar-refractivity contribution is 0.102. The average Bonchev–Trinajstić information content (AvgIpc) is 2.85. The van der Waals surface area contributed by atoms with Gasteiger partial charge >= 0.3 is 0 Å². The van der Waals surface area contributed by atoms with Crippen molar-refractivity contribution in [3.05, 3.63) is 90.6 Å². The molecule has 1 aromatic heterocycles. The molecular formula is C25H21N3O4. The summed E-state index contributed by atoms with van der Waals surface area (Å²) in [5.41, 5.74) is 1.87. The Kier molecular flexibility index (Phi) is 6.27. The third kappa shape index (κ3) is 4.84. The zero-order valence-corrected chi connectivity index (χ0v) is 17.6. The topological polar surface area (TPSA) is 82.6 Å². The molecule has 0 saturated carbocycles. The Morgan fingerprint density at radius 3 is 2.31 bits per heavy atom. The molecular weight excluding hydrogens is 406 g/mol. The number of carbonyl (C=O) groups excluding carboxylic acids is 1. The molecule has 0 bridgehead atoms. The van der Waals surface area contributed by atoms with Gasteiger partial charge in [0.2, 0.25) is 5.88 Å². The molecule has 4 rings (SSSR count). The molecule has 0 aliphatic heterocycles. The molecule has 0 aliphatic carbocycles. The van der Waals surface area contributed by atoms with E-state index in [1.165, 1.54) is 0 Å². The first-order chi connectivity index (χ1) is 15.7. The van der Waals surface area contributed by atoms with E-state index in [4.69, 9.17) is 14.2 Å². The van der Waals surface area contributed by atoms with Gasteiger partial charge in [0.25, 0.3) is 5.91 Å². The molecule has 0 aliphatic rings. The number of hydrogen-bond acceptors (Lipinski definition) is 6. The Hall–Kier alpha value is -4.39. The number of methoxy groups -OCH3 is 2. The van der Waals surface area contributed by atoms with E-state index in [9.17, 15) is 4.79 Å². The number of nitrogens with zero attached hydrogens (tertiary/aromatic N) is 2. The summed E-state index contributed by atoms with van der Waals surface area (Å²) in [7, 11) is 3.11. The number of amides is 1. The molecule has 7 heteroatoms. The van der Waals surface area contributed by atoms with Crippen LogP contribution in [0.2, 0.25) is 0 Å². The molecule has 0 atom stereocenters. The number of anilines is 1. The van der Waals surface area contributed by atoms with E-state index < -0.39 is 0 Å². The van der Waals surface area contributed by atoms with Crippen molar-refractivity contribution in [1.82, 2.24) is 9.97 Å². The lowest BCUT2D eigenvalue weighted by Crippen LogP contribution is -2.11. The average molecular weight is 427 g/mol. The zero-order chi connectivity index (χ0) is 22.3. The first-order valence-corrected chi connectivity index (χ1v) is 9.86. The van der Waals surface area contributed by atoms with E-state index in [1.54, 1.807) is 68.9 Å². The predicted molar refractivity (Wildman–Crippen MR) is 121 cm³/mol. The Bertz CT molecular complexity index is 1210. The number of para-hydroxylation sites is 1. The van der Waals surface area contributed by atoms with Gasteiger partial charge in [-0.2, -0.15) is 4.98 Å². The van der Waals surface area contributed by atoms with E-state index in [0.29, 0.717) is 40.2 Å². The van der Waals surface area contributed by atoms with Gasteiger partial charge in [0, 0.05) is 35.1 Å². The fraction of sp³-hybridized carbons (Fsp3) is 0.0800. The van der Waals surface area contributed by atoms with Gasteiger partial charge in [-0.3, -0.25) is 4.79 Å². The van der Waals surface area contributed by atoms with Crippen LogP contribution in [0.25, 0.3) is 11.4 Å². The molecule has 0 spiro atoms. The number of benzene rings is 3. The molecule has 1 amide bonds. The summed E-state index contributed by atoms with van der Waals surface area (Å²) in [6.45, 7) is 0. The number of carbonyl (C=O) groups is 1. The van der Waals surface area contributed by atoms with Crippen LogP contribution in [0, 0.1) is 0 Å². The highest BCUT2D eigenvalue weighted by Crippen LogP contribution is 2.30. The van der Waals surface area contributed by atoms with E-state index in [-0.39, 0.29) is 5.91 Å². The Morgan fingerprint density at radius 2 is 1.59 bits per heavy atom. The summed E-state index contributed by atoms with van der Waals surface area (Å²) in [5.74, 6) is 2.52. The van der Waals surface area contributed by atoms with Gasteiger partial charge in [0.05, 0.1) is 14.2 Å². The molecule has 160 valence electrons. The van der Waals surface area contributed by atoms with Crippen molar-refractivity contribution in [2.24, 2.45) is 0 Å². The number of nitrogens with one attached hydrogen (secondary N) is 1. The molecule has 4 aromatic rings. The van der Waals surface area contributed by atoms with Crippen molar-refractivity contribution in [2.75, 3.05) is 19.5 Å². The first-order valence-electron chi connectivity index (χ1n) is 9.86. The summed E-state index contributed by atoms with van der Waals surface area (Å²) in [6.07, 6.45) is 1.64. The smallest absolute Gasteiger partial charge is 0.255 e. The summed E-state index contributed by atoms with van der Waals surface area (Å²) < 4.78 is 16.3. The molecule has 32 heavy (non-hydrogen) atoms. The zero-order valence-electron chi connectivity index (χ0n) is 17.6. The summed E-state index contributed by atoms with van der Waals surface area (Å²) >= 11 is 0. The monoisotopic (exact) mass is 427 g/mol. The van der Waals surface area contributed by atoms with Crippen LogP contribution in [0.15, 0.2) is 85.1 Å². The second-order valence-corrected chi connectivity index (χ2v) is 6.73. The number of rotatable bonds is 7. The minimum atomic E-state index is -0.245. The largest absolute Gasteiger partial charge is 0.493 e. The third-order valence-electron chi connectivity index (χ3n) is 4.64. The minimum Gasteiger partial charge on any atom is -0.493 e. The molecule has 0 fully saturated rings. The van der Waals surface area contributed by atoms with Gasteiger partial charge < -0.3 is 19.5 Å². The third-order valence-corrected chi connectivity index (χ3v) is 4.64. The van der Waals surface area contributed by atoms with Crippen LogP contribution < -0.4 is 19.5 Å². The van der Waals surface area contributed by atoms with Crippen LogP contribution in [0.4, 0.5) is 5.69 Å². The first kappa shape index (κ1) is 20.9. The van der Waals surface area contributed by atoms with Gasteiger partial charge in [0.1, 0.15) is 5.75 Å². The highest BCUT2D eigenvalue weighted by molar-refractivity contribution is 6.04. The van der Waals surface area contributed by atoms with Crippen molar-refractivity contribution in [2.45, 2.75) is 0 Å². The van der Waals surface area contributed by atoms with Crippen molar-refractivity contribution in [1.29, 1.82) is 0 Å². The van der Waals surface area contributed by atoms with E-state index in [0.717, 1.165) is 5.56 Å². The van der Waals surface area contributed by atoms with Crippen LogP contribution in [0.3, 0.4) is 0 Å². The fourth-order valence-electron chi connectivity index (χ4n) is 3.04. The lowest BCUT2D eigenvalue weighted by atomic mass is 10.1. The van der Waals surface area contributed by atoms with Crippen molar-refractivity contribution >= 4 is 11.6 Å². The second-order valence-electron chi connectivity index (χ2n) is 6.73. The Labute approximate surface area is 185 Å². The molecule has 3 aromatic carbocycles. The van der Waals surface area contributed by atoms with Crippen LogP contribution in [-0.4, -0.2) is 30.1 Å². The molecule has 1 heterocycles. The van der Waals surface area contributed by atoms with E-state index in [2.05, 4.69) is 15.3 Å². The van der Waals surface area contributed by atoms with Crippen LogP contribution in [-0.2, 0) is 0 Å². The van der Waals surface area contributed by atoms with E-state index in [1.807, 2.05) is 30.3 Å². The Morgan fingerprint density at radius 1 is 0.844 bits per heavy atom. The Balaban J connectivity index is 1.47. The number of ether oxygens (including phenoxy) is 3. The number of aromatic nitrogens is 2. The maximum Gasteiger partial charge on any atom is 0.255 e. The maximum absolute atomic E-state index is 12.6. The standard InChI is InChI=1S/C25H21N3O4/c1-30-21-13-12-19(16-22(21)31-2)27-25(29)18-10-8-17(9-11-18)24-26-15-14-23(28-24)32-20-6-4-3-5-7-20/h3-16H,1-2H3,(H,27,29). The summed E-state index contributed by atoms with van der Waals surface area (Å²) in [4.78, 5) is 21.4. The highest BCUT2D eigenvalue weighted by atomic mass is 16.5. The molecule has 0 radical (unpaired) electrons. The van der Waals surface area contributed by atoms with E-state index >= 15 is 0 Å². The van der Waals surface area contributed by atoms with Gasteiger partial charge in [-0.1, -0.05) is 30.3 Å². The van der Waals surface area contributed by atoms with Gasteiger partial charge in [-0.05, 0) is 36.4 Å². The highest BCUT2D eigenvalue weighted by Gasteiger charge is 2.11. The maximum atomic E-state index is 12.6. The normalized spacial score (nSPS) is 10.3. The van der Waals surface area contributed by atoms with Crippen LogP contribution in [0.1, 0.15) is 10.4 Å². The molecule has 1 N–H and O–H groups in total. The second kappa shape index (κ2) is 9.61. The molecule has 0 saturated heterocycles.